The van der Waals surface area contributed by atoms with E-state index in [2.05, 4.69) is 5.32 Å². The van der Waals surface area contributed by atoms with Gasteiger partial charge >= 0.3 is 0 Å². The van der Waals surface area contributed by atoms with Crippen LogP contribution in [0.2, 0.25) is 0 Å². The first-order chi connectivity index (χ1) is 6.58. The first-order valence-electron chi connectivity index (χ1n) is 5.28. The van der Waals surface area contributed by atoms with Crippen LogP contribution in [0.1, 0.15) is 26.7 Å². The molecule has 1 N–H and O–H groups in total. The third-order valence-corrected chi connectivity index (χ3v) is 4.61. The van der Waals surface area contributed by atoms with Crippen molar-refractivity contribution in [3.05, 3.63) is 0 Å². The molecule has 0 radical (unpaired) electrons. The Balaban J connectivity index is 2.47. The Bertz CT molecular complexity index is 264. The number of rotatable bonds is 5. The molecule has 14 heavy (non-hydrogen) atoms. The van der Waals surface area contributed by atoms with Crippen molar-refractivity contribution >= 4 is 10.0 Å². The van der Waals surface area contributed by atoms with Crippen LogP contribution in [0.4, 0.5) is 0 Å². The Kier molecular flexibility index (Phi) is 4.34. The maximum absolute atomic E-state index is 11.8. The van der Waals surface area contributed by atoms with Crippen molar-refractivity contribution in [2.24, 2.45) is 0 Å². The van der Waals surface area contributed by atoms with Crippen LogP contribution in [-0.4, -0.2) is 44.2 Å². The average Bonchev–Trinajstić information content (AvgIpc) is 2.52. The van der Waals surface area contributed by atoms with Crippen molar-refractivity contribution in [3.8, 4) is 0 Å². The lowest BCUT2D eigenvalue weighted by Crippen LogP contribution is -2.38. The highest BCUT2D eigenvalue weighted by molar-refractivity contribution is 7.89. The molecular weight excluding hydrogens is 200 g/mol. The van der Waals surface area contributed by atoms with Gasteiger partial charge in [0.05, 0.1) is 5.75 Å². The largest absolute Gasteiger partial charge is 0.316 e. The first kappa shape index (κ1) is 11.9. The molecule has 84 valence electrons. The van der Waals surface area contributed by atoms with Crippen LogP contribution >= 0.6 is 0 Å². The molecule has 5 heteroatoms. The summed E-state index contributed by atoms with van der Waals surface area (Å²) in [7, 11) is -3.01. The molecule has 1 atom stereocenters. The summed E-state index contributed by atoms with van der Waals surface area (Å²) in [5.74, 6) is 0.227. The topological polar surface area (TPSA) is 49.4 Å². The molecule has 0 bridgehead atoms. The van der Waals surface area contributed by atoms with E-state index >= 15 is 0 Å². The van der Waals surface area contributed by atoms with E-state index in [-0.39, 0.29) is 11.8 Å². The molecule has 0 aromatic rings. The lowest BCUT2D eigenvalue weighted by atomic mass is 10.3. The molecule has 0 aromatic heterocycles. The van der Waals surface area contributed by atoms with Gasteiger partial charge in [-0.1, -0.05) is 6.92 Å². The van der Waals surface area contributed by atoms with E-state index in [1.54, 1.807) is 4.31 Å². The second kappa shape index (κ2) is 5.09. The summed E-state index contributed by atoms with van der Waals surface area (Å²) in [5, 5.41) is 3.04. The van der Waals surface area contributed by atoms with E-state index in [4.69, 9.17) is 0 Å². The van der Waals surface area contributed by atoms with Gasteiger partial charge in [-0.05, 0) is 26.3 Å². The number of nitrogens with zero attached hydrogens (tertiary/aromatic N) is 1. The van der Waals surface area contributed by atoms with E-state index in [1.807, 2.05) is 13.8 Å². The summed E-state index contributed by atoms with van der Waals surface area (Å²) in [6, 6.07) is 0.196. The van der Waals surface area contributed by atoms with Crippen LogP contribution in [0.5, 0.6) is 0 Å². The fraction of sp³-hybridized carbons (Fsp3) is 1.00. The van der Waals surface area contributed by atoms with E-state index in [0.717, 1.165) is 19.4 Å². The van der Waals surface area contributed by atoms with Crippen molar-refractivity contribution in [2.45, 2.75) is 32.7 Å². The number of hydrogen-bond donors (Lipinski definition) is 1. The summed E-state index contributed by atoms with van der Waals surface area (Å²) in [4.78, 5) is 0. The third kappa shape index (κ3) is 2.93. The SMILES string of the molecule is CCNCCS(=O)(=O)N1CCCC1C. The van der Waals surface area contributed by atoms with Gasteiger partial charge in [0.25, 0.3) is 0 Å². The maximum atomic E-state index is 11.8. The number of hydrogen-bond acceptors (Lipinski definition) is 3. The van der Waals surface area contributed by atoms with Crippen LogP contribution in [0.15, 0.2) is 0 Å². The molecule has 1 rings (SSSR count). The zero-order valence-electron chi connectivity index (χ0n) is 8.99. The van der Waals surface area contributed by atoms with Gasteiger partial charge in [0.15, 0.2) is 0 Å². The molecule has 0 saturated carbocycles. The van der Waals surface area contributed by atoms with E-state index in [9.17, 15) is 8.42 Å². The molecule has 4 nitrogen and oxygen atoms in total. The average molecular weight is 220 g/mol. The molecule has 0 spiro atoms. The molecule has 1 aliphatic heterocycles. The van der Waals surface area contributed by atoms with Crippen molar-refractivity contribution in [1.29, 1.82) is 0 Å². The second-order valence-corrected chi connectivity index (χ2v) is 5.81. The zero-order valence-corrected chi connectivity index (χ0v) is 9.81. The van der Waals surface area contributed by atoms with Gasteiger partial charge in [-0.25, -0.2) is 8.42 Å². The first-order valence-corrected chi connectivity index (χ1v) is 6.89. The number of sulfonamides is 1. The Labute approximate surface area is 86.7 Å². The second-order valence-electron chi connectivity index (χ2n) is 3.77. The summed E-state index contributed by atoms with van der Waals surface area (Å²) in [6.07, 6.45) is 2.00. The predicted octanol–water partition coefficient (Wildman–Crippen LogP) is 0.410. The van der Waals surface area contributed by atoms with Gasteiger partial charge in [0, 0.05) is 19.1 Å². The third-order valence-electron chi connectivity index (χ3n) is 2.64. The normalized spacial score (nSPS) is 24.3. The lowest BCUT2D eigenvalue weighted by Gasteiger charge is -2.20. The summed E-state index contributed by atoms with van der Waals surface area (Å²) >= 11 is 0. The summed E-state index contributed by atoms with van der Waals surface area (Å²) in [6.45, 7) is 6.05. The molecule has 0 aromatic carbocycles. The van der Waals surface area contributed by atoms with Gasteiger partial charge in [0.1, 0.15) is 0 Å². The minimum atomic E-state index is -3.01. The molecule has 1 fully saturated rings. The number of nitrogens with one attached hydrogen (secondary N) is 1. The maximum Gasteiger partial charge on any atom is 0.215 e. The molecule has 1 unspecified atom stereocenters. The highest BCUT2D eigenvalue weighted by atomic mass is 32.2. The quantitative estimate of drug-likeness (QED) is 0.683. The highest BCUT2D eigenvalue weighted by Gasteiger charge is 2.30. The van der Waals surface area contributed by atoms with E-state index in [1.165, 1.54) is 0 Å². The Morgan fingerprint density at radius 3 is 2.71 bits per heavy atom. The standard InChI is InChI=1S/C9H20N2O2S/c1-3-10-6-8-14(12,13)11-7-4-5-9(11)2/h9-10H,3-8H2,1-2H3. The fourth-order valence-corrected chi connectivity index (χ4v) is 3.51. The van der Waals surface area contributed by atoms with Crippen molar-refractivity contribution in [3.63, 3.8) is 0 Å². The molecular formula is C9H20N2O2S. The van der Waals surface area contributed by atoms with Crippen LogP contribution in [0, 0.1) is 0 Å². The summed E-state index contributed by atoms with van der Waals surface area (Å²) < 4.78 is 25.3. The monoisotopic (exact) mass is 220 g/mol. The van der Waals surface area contributed by atoms with Crippen LogP contribution in [0.3, 0.4) is 0 Å². The lowest BCUT2D eigenvalue weighted by molar-refractivity contribution is 0.407. The molecule has 1 aliphatic rings. The molecule has 0 aliphatic carbocycles. The van der Waals surface area contributed by atoms with E-state index in [0.29, 0.717) is 13.1 Å². The Morgan fingerprint density at radius 1 is 1.50 bits per heavy atom. The van der Waals surface area contributed by atoms with Gasteiger partial charge in [-0.2, -0.15) is 4.31 Å². The molecule has 1 heterocycles. The van der Waals surface area contributed by atoms with Crippen LogP contribution < -0.4 is 5.32 Å². The summed E-state index contributed by atoms with van der Waals surface area (Å²) in [5.41, 5.74) is 0. The van der Waals surface area contributed by atoms with Crippen molar-refractivity contribution in [1.82, 2.24) is 9.62 Å². The van der Waals surface area contributed by atoms with Gasteiger partial charge < -0.3 is 5.32 Å². The Morgan fingerprint density at radius 2 is 2.21 bits per heavy atom. The molecule has 1 saturated heterocycles. The Hall–Kier alpha value is -0.130. The predicted molar refractivity (Wildman–Crippen MR) is 57.7 cm³/mol. The molecule has 0 amide bonds. The smallest absolute Gasteiger partial charge is 0.215 e. The van der Waals surface area contributed by atoms with Gasteiger partial charge in [-0.3, -0.25) is 0 Å². The van der Waals surface area contributed by atoms with Crippen molar-refractivity contribution in [2.75, 3.05) is 25.4 Å². The van der Waals surface area contributed by atoms with Gasteiger partial charge in [0.2, 0.25) is 10.0 Å². The highest BCUT2D eigenvalue weighted by Crippen LogP contribution is 2.20. The van der Waals surface area contributed by atoms with Crippen molar-refractivity contribution < 1.29 is 8.42 Å². The van der Waals surface area contributed by atoms with Crippen LogP contribution in [-0.2, 0) is 10.0 Å². The zero-order chi connectivity index (χ0) is 10.6. The van der Waals surface area contributed by atoms with Crippen LogP contribution in [0.25, 0.3) is 0 Å². The van der Waals surface area contributed by atoms with Gasteiger partial charge in [-0.15, -0.1) is 0 Å². The van der Waals surface area contributed by atoms with E-state index < -0.39 is 10.0 Å². The minimum Gasteiger partial charge on any atom is -0.316 e. The minimum absolute atomic E-state index is 0.196. The fourth-order valence-electron chi connectivity index (χ4n) is 1.82.